The first kappa shape index (κ1) is 12.6. The molecule has 1 aromatic heterocycles. The zero-order chi connectivity index (χ0) is 12.1. The summed E-state index contributed by atoms with van der Waals surface area (Å²) in [7, 11) is 0. The summed E-state index contributed by atoms with van der Waals surface area (Å²) in [6.07, 6.45) is 1.80. The van der Waals surface area contributed by atoms with E-state index in [1.165, 1.54) is 5.56 Å². The van der Waals surface area contributed by atoms with Crippen LogP contribution in [0.5, 0.6) is 0 Å². The molecule has 2 rings (SSSR count). The summed E-state index contributed by atoms with van der Waals surface area (Å²) >= 11 is 9.34. The van der Waals surface area contributed by atoms with Crippen molar-refractivity contribution < 1.29 is 0 Å². The number of pyridine rings is 1. The van der Waals surface area contributed by atoms with Crippen molar-refractivity contribution in [2.45, 2.75) is 13.1 Å². The normalized spacial score (nSPS) is 10.5. The van der Waals surface area contributed by atoms with E-state index in [0.717, 1.165) is 28.3 Å². The molecule has 17 heavy (non-hydrogen) atoms. The minimum absolute atomic E-state index is 0.735. The lowest BCUT2D eigenvalue weighted by molar-refractivity contribution is 0.679. The molecule has 0 fully saturated rings. The molecule has 0 aliphatic rings. The number of halogens is 2. The van der Waals surface area contributed by atoms with E-state index in [0.29, 0.717) is 0 Å². The lowest BCUT2D eigenvalue weighted by atomic mass is 10.2. The molecular formula is C13H12BrClN2. The molecule has 0 atom stereocenters. The Kier molecular flexibility index (Phi) is 4.54. The van der Waals surface area contributed by atoms with Gasteiger partial charge in [-0.05, 0) is 45.8 Å². The van der Waals surface area contributed by atoms with Crippen LogP contribution in [0.4, 0.5) is 0 Å². The highest BCUT2D eigenvalue weighted by atomic mass is 79.9. The van der Waals surface area contributed by atoms with Gasteiger partial charge in [0.25, 0.3) is 0 Å². The zero-order valence-electron chi connectivity index (χ0n) is 9.16. The van der Waals surface area contributed by atoms with E-state index < -0.39 is 0 Å². The van der Waals surface area contributed by atoms with Crippen LogP contribution in [0.1, 0.15) is 11.3 Å². The number of nitrogens with one attached hydrogen (secondary N) is 1. The van der Waals surface area contributed by atoms with E-state index in [2.05, 4.69) is 26.2 Å². The van der Waals surface area contributed by atoms with Crippen LogP contribution in [0.15, 0.2) is 47.1 Å². The molecule has 0 bridgehead atoms. The number of hydrogen-bond acceptors (Lipinski definition) is 2. The van der Waals surface area contributed by atoms with Gasteiger partial charge >= 0.3 is 0 Å². The lowest BCUT2D eigenvalue weighted by Crippen LogP contribution is -2.13. The van der Waals surface area contributed by atoms with Crippen molar-refractivity contribution >= 4 is 27.5 Å². The molecule has 0 spiro atoms. The van der Waals surface area contributed by atoms with Crippen LogP contribution in [-0.4, -0.2) is 4.98 Å². The first-order valence-corrected chi connectivity index (χ1v) is 6.47. The summed E-state index contributed by atoms with van der Waals surface area (Å²) in [4.78, 5) is 4.25. The molecule has 0 radical (unpaired) electrons. The van der Waals surface area contributed by atoms with Crippen LogP contribution in [0.3, 0.4) is 0 Å². The van der Waals surface area contributed by atoms with E-state index in [1.54, 1.807) is 6.20 Å². The van der Waals surface area contributed by atoms with Gasteiger partial charge in [0.2, 0.25) is 0 Å². The molecule has 1 aromatic carbocycles. The number of hydrogen-bond donors (Lipinski definition) is 1. The van der Waals surface area contributed by atoms with Gasteiger partial charge < -0.3 is 5.32 Å². The van der Waals surface area contributed by atoms with Gasteiger partial charge in [-0.15, -0.1) is 0 Å². The van der Waals surface area contributed by atoms with Crippen LogP contribution >= 0.6 is 27.5 Å². The molecule has 4 heteroatoms. The van der Waals surface area contributed by atoms with Gasteiger partial charge in [-0.1, -0.05) is 23.7 Å². The quantitative estimate of drug-likeness (QED) is 0.929. The van der Waals surface area contributed by atoms with Crippen molar-refractivity contribution in [3.63, 3.8) is 0 Å². The van der Waals surface area contributed by atoms with Gasteiger partial charge in [0.15, 0.2) is 0 Å². The first-order valence-electron chi connectivity index (χ1n) is 5.30. The third-order valence-electron chi connectivity index (χ3n) is 2.35. The molecule has 0 amide bonds. The van der Waals surface area contributed by atoms with Crippen molar-refractivity contribution in [1.29, 1.82) is 0 Å². The van der Waals surface area contributed by atoms with Gasteiger partial charge in [0.05, 0.1) is 10.7 Å². The summed E-state index contributed by atoms with van der Waals surface area (Å²) in [6, 6.07) is 11.8. The fraction of sp³-hybridized carbons (Fsp3) is 0.154. The average molecular weight is 312 g/mol. The molecular weight excluding hydrogens is 300 g/mol. The first-order chi connectivity index (χ1) is 8.25. The maximum atomic E-state index is 5.93. The Hall–Kier alpha value is -0.900. The minimum atomic E-state index is 0.735. The fourth-order valence-corrected chi connectivity index (χ4v) is 2.03. The minimum Gasteiger partial charge on any atom is -0.307 e. The maximum Gasteiger partial charge on any atom is 0.0548 e. The van der Waals surface area contributed by atoms with Crippen molar-refractivity contribution in [1.82, 2.24) is 10.3 Å². The summed E-state index contributed by atoms with van der Waals surface area (Å²) in [6.45, 7) is 1.56. The Morgan fingerprint density at radius 3 is 2.76 bits per heavy atom. The van der Waals surface area contributed by atoms with Crippen LogP contribution in [-0.2, 0) is 13.1 Å². The summed E-state index contributed by atoms with van der Waals surface area (Å²) in [5.41, 5.74) is 2.23. The van der Waals surface area contributed by atoms with E-state index in [4.69, 9.17) is 11.6 Å². The second-order valence-electron chi connectivity index (χ2n) is 3.67. The van der Waals surface area contributed by atoms with Crippen molar-refractivity contribution in [3.8, 4) is 0 Å². The molecule has 1 N–H and O–H groups in total. The van der Waals surface area contributed by atoms with Gasteiger partial charge in [0.1, 0.15) is 0 Å². The number of nitrogens with zero attached hydrogens (tertiary/aromatic N) is 1. The van der Waals surface area contributed by atoms with E-state index in [1.807, 2.05) is 36.4 Å². The van der Waals surface area contributed by atoms with Crippen LogP contribution in [0, 0.1) is 0 Å². The average Bonchev–Trinajstić information content (AvgIpc) is 2.35. The van der Waals surface area contributed by atoms with Crippen molar-refractivity contribution in [2.75, 3.05) is 0 Å². The Morgan fingerprint density at radius 2 is 2.06 bits per heavy atom. The van der Waals surface area contributed by atoms with Gasteiger partial charge in [-0.2, -0.15) is 0 Å². The largest absolute Gasteiger partial charge is 0.307 e. The maximum absolute atomic E-state index is 5.93. The highest BCUT2D eigenvalue weighted by Gasteiger charge is 1.99. The second kappa shape index (κ2) is 6.15. The highest BCUT2D eigenvalue weighted by Crippen LogP contribution is 2.23. The second-order valence-corrected chi connectivity index (χ2v) is 4.93. The Labute approximate surface area is 114 Å². The number of rotatable bonds is 4. The summed E-state index contributed by atoms with van der Waals surface area (Å²) in [5, 5.41) is 4.07. The molecule has 0 unspecified atom stereocenters. The molecule has 2 nitrogen and oxygen atoms in total. The molecule has 0 aliphatic heterocycles. The summed E-state index contributed by atoms with van der Waals surface area (Å²) < 4.78 is 0.927. The SMILES string of the molecule is Clc1ccc(CNCc2ccccn2)cc1Br. The van der Waals surface area contributed by atoms with Crippen LogP contribution < -0.4 is 5.32 Å². The smallest absolute Gasteiger partial charge is 0.0548 e. The lowest BCUT2D eigenvalue weighted by Gasteiger charge is -2.05. The highest BCUT2D eigenvalue weighted by molar-refractivity contribution is 9.10. The Bertz CT molecular complexity index is 488. The molecule has 88 valence electrons. The molecule has 1 heterocycles. The van der Waals surface area contributed by atoms with Crippen molar-refractivity contribution in [2.24, 2.45) is 0 Å². The number of benzene rings is 1. The third-order valence-corrected chi connectivity index (χ3v) is 3.56. The van der Waals surface area contributed by atoms with Crippen LogP contribution in [0.2, 0.25) is 5.02 Å². The Morgan fingerprint density at radius 1 is 1.18 bits per heavy atom. The predicted octanol–water partition coefficient (Wildman–Crippen LogP) is 3.79. The molecule has 0 saturated heterocycles. The van der Waals surface area contributed by atoms with Crippen molar-refractivity contribution in [3.05, 3.63) is 63.3 Å². The molecule has 0 saturated carbocycles. The fourth-order valence-electron chi connectivity index (χ4n) is 1.49. The van der Waals surface area contributed by atoms with E-state index in [-0.39, 0.29) is 0 Å². The van der Waals surface area contributed by atoms with Gasteiger partial charge in [-0.3, -0.25) is 4.98 Å². The predicted molar refractivity (Wildman–Crippen MR) is 73.9 cm³/mol. The molecule has 0 aliphatic carbocycles. The summed E-state index contributed by atoms with van der Waals surface area (Å²) in [5.74, 6) is 0. The standard InChI is InChI=1S/C13H12BrClN2/c14-12-7-10(4-5-13(12)15)8-16-9-11-3-1-2-6-17-11/h1-7,16H,8-9H2. The molecule has 2 aromatic rings. The van der Waals surface area contributed by atoms with Crippen LogP contribution in [0.25, 0.3) is 0 Å². The number of aromatic nitrogens is 1. The third kappa shape index (κ3) is 3.80. The van der Waals surface area contributed by atoms with Gasteiger partial charge in [-0.25, -0.2) is 0 Å². The van der Waals surface area contributed by atoms with E-state index in [9.17, 15) is 0 Å². The Balaban J connectivity index is 1.88. The zero-order valence-corrected chi connectivity index (χ0v) is 11.5. The monoisotopic (exact) mass is 310 g/mol. The van der Waals surface area contributed by atoms with Gasteiger partial charge in [0, 0.05) is 23.8 Å². The topological polar surface area (TPSA) is 24.9 Å². The van der Waals surface area contributed by atoms with E-state index >= 15 is 0 Å².